The first-order valence-corrected chi connectivity index (χ1v) is 10.4. The van der Waals surface area contributed by atoms with E-state index in [2.05, 4.69) is 14.9 Å². The fourth-order valence-electron chi connectivity index (χ4n) is 4.77. The number of anilines is 1. The minimum absolute atomic E-state index is 0.0139. The molecule has 1 aliphatic carbocycles. The van der Waals surface area contributed by atoms with Crippen molar-refractivity contribution < 1.29 is 4.74 Å². The van der Waals surface area contributed by atoms with Gasteiger partial charge in [-0.1, -0.05) is 25.0 Å². The standard InChI is InChI=1S/C22H25N5O2/c1-29-19-12-13-23-22(25-19)26-14-6-11-18(26)20-24-17-10-5-4-9-16(17)21(28)27(20)15-7-2-3-8-15/h4-5,9-10,12-13,15,18H,2-3,6-8,11,14H2,1H3. The molecular weight excluding hydrogens is 366 g/mol. The molecule has 1 aliphatic heterocycles. The van der Waals surface area contributed by atoms with Crippen LogP contribution in [0.4, 0.5) is 5.95 Å². The Balaban J connectivity index is 1.66. The number of methoxy groups -OCH3 is 1. The van der Waals surface area contributed by atoms with Crippen LogP contribution in [0.3, 0.4) is 0 Å². The second-order valence-electron chi connectivity index (χ2n) is 7.85. The Labute approximate surface area is 169 Å². The summed E-state index contributed by atoms with van der Waals surface area (Å²) in [5.74, 6) is 2.03. The minimum atomic E-state index is -0.0139. The van der Waals surface area contributed by atoms with Crippen LogP contribution in [-0.2, 0) is 0 Å². The molecule has 0 radical (unpaired) electrons. The Kier molecular flexibility index (Phi) is 4.66. The van der Waals surface area contributed by atoms with Gasteiger partial charge in [0.25, 0.3) is 5.56 Å². The first kappa shape index (κ1) is 18.1. The van der Waals surface area contributed by atoms with E-state index in [0.29, 0.717) is 17.2 Å². The lowest BCUT2D eigenvalue weighted by atomic mass is 10.1. The van der Waals surface area contributed by atoms with Crippen molar-refractivity contribution >= 4 is 16.9 Å². The van der Waals surface area contributed by atoms with Crippen LogP contribution in [0.5, 0.6) is 5.88 Å². The van der Waals surface area contributed by atoms with Crippen molar-refractivity contribution in [3.05, 3.63) is 52.7 Å². The lowest BCUT2D eigenvalue weighted by Gasteiger charge is -2.28. The molecule has 0 bridgehead atoms. The highest BCUT2D eigenvalue weighted by Crippen LogP contribution is 2.37. The molecule has 2 aliphatic rings. The van der Waals surface area contributed by atoms with Crippen LogP contribution in [0.2, 0.25) is 0 Å². The summed E-state index contributed by atoms with van der Waals surface area (Å²) in [6.07, 6.45) is 8.06. The predicted molar refractivity (Wildman–Crippen MR) is 111 cm³/mol. The molecule has 2 aromatic heterocycles. The SMILES string of the molecule is COc1ccnc(N2CCCC2c2nc3ccccc3c(=O)n2C2CCCC2)n1. The third kappa shape index (κ3) is 3.14. The maximum absolute atomic E-state index is 13.5. The van der Waals surface area contributed by atoms with E-state index in [9.17, 15) is 4.79 Å². The highest BCUT2D eigenvalue weighted by atomic mass is 16.5. The van der Waals surface area contributed by atoms with Crippen molar-refractivity contribution in [2.24, 2.45) is 0 Å². The van der Waals surface area contributed by atoms with Crippen LogP contribution in [0.15, 0.2) is 41.3 Å². The van der Waals surface area contributed by atoms with Crippen LogP contribution < -0.4 is 15.2 Å². The monoisotopic (exact) mass is 391 g/mol. The van der Waals surface area contributed by atoms with Crippen molar-refractivity contribution in [2.45, 2.75) is 50.6 Å². The number of hydrogen-bond acceptors (Lipinski definition) is 6. The molecular formula is C22H25N5O2. The first-order valence-electron chi connectivity index (χ1n) is 10.4. The Morgan fingerprint density at radius 3 is 2.69 bits per heavy atom. The van der Waals surface area contributed by atoms with Crippen LogP contribution >= 0.6 is 0 Å². The lowest BCUT2D eigenvalue weighted by molar-refractivity contribution is 0.396. The Morgan fingerprint density at radius 2 is 1.86 bits per heavy atom. The Bertz CT molecular complexity index is 1090. The fourth-order valence-corrected chi connectivity index (χ4v) is 4.77. The van der Waals surface area contributed by atoms with E-state index in [1.165, 1.54) is 0 Å². The van der Waals surface area contributed by atoms with Gasteiger partial charge in [-0.25, -0.2) is 9.97 Å². The molecule has 0 spiro atoms. The maximum Gasteiger partial charge on any atom is 0.261 e. The lowest BCUT2D eigenvalue weighted by Crippen LogP contribution is -2.34. The average Bonchev–Trinajstić information content (AvgIpc) is 3.46. The van der Waals surface area contributed by atoms with Gasteiger partial charge in [-0.2, -0.15) is 4.98 Å². The zero-order valence-corrected chi connectivity index (χ0v) is 16.6. The molecule has 3 heterocycles. The molecule has 1 unspecified atom stereocenters. The van der Waals surface area contributed by atoms with E-state index in [1.54, 1.807) is 19.4 Å². The predicted octanol–water partition coefficient (Wildman–Crippen LogP) is 3.65. The molecule has 3 aromatic rings. The van der Waals surface area contributed by atoms with Crippen molar-refractivity contribution in [1.82, 2.24) is 19.5 Å². The molecule has 1 saturated heterocycles. The van der Waals surface area contributed by atoms with Crippen molar-refractivity contribution in [2.75, 3.05) is 18.6 Å². The van der Waals surface area contributed by atoms with Gasteiger partial charge in [0.15, 0.2) is 0 Å². The molecule has 7 nitrogen and oxygen atoms in total. The van der Waals surface area contributed by atoms with Crippen LogP contribution in [0.25, 0.3) is 10.9 Å². The van der Waals surface area contributed by atoms with Gasteiger partial charge in [0.2, 0.25) is 11.8 Å². The van der Waals surface area contributed by atoms with E-state index >= 15 is 0 Å². The smallest absolute Gasteiger partial charge is 0.261 e. The first-order chi connectivity index (χ1) is 14.3. The summed E-state index contributed by atoms with van der Waals surface area (Å²) in [5.41, 5.74) is 0.844. The van der Waals surface area contributed by atoms with Crippen LogP contribution in [-0.4, -0.2) is 33.2 Å². The molecule has 29 heavy (non-hydrogen) atoms. The van der Waals surface area contributed by atoms with Crippen LogP contribution in [0, 0.1) is 0 Å². The van der Waals surface area contributed by atoms with Gasteiger partial charge < -0.3 is 9.64 Å². The average molecular weight is 391 g/mol. The number of rotatable bonds is 4. The number of hydrogen-bond donors (Lipinski definition) is 0. The van der Waals surface area contributed by atoms with E-state index < -0.39 is 0 Å². The second-order valence-corrected chi connectivity index (χ2v) is 7.85. The van der Waals surface area contributed by atoms with Crippen molar-refractivity contribution in [3.8, 4) is 5.88 Å². The normalized spacial score (nSPS) is 19.9. The summed E-state index contributed by atoms with van der Waals surface area (Å²) < 4.78 is 7.27. The molecule has 0 N–H and O–H groups in total. The molecule has 2 fully saturated rings. The second kappa shape index (κ2) is 7.46. The maximum atomic E-state index is 13.5. The van der Waals surface area contributed by atoms with E-state index in [1.807, 2.05) is 28.8 Å². The van der Waals surface area contributed by atoms with Gasteiger partial charge in [-0.05, 0) is 37.8 Å². The highest BCUT2D eigenvalue weighted by molar-refractivity contribution is 5.77. The fraction of sp³-hybridized carbons (Fsp3) is 0.455. The molecule has 7 heteroatoms. The van der Waals surface area contributed by atoms with E-state index in [0.717, 1.165) is 56.4 Å². The third-order valence-electron chi connectivity index (χ3n) is 6.16. The molecule has 5 rings (SSSR count). The largest absolute Gasteiger partial charge is 0.481 e. The van der Waals surface area contributed by atoms with Crippen molar-refractivity contribution in [1.29, 1.82) is 0 Å². The van der Waals surface area contributed by atoms with Gasteiger partial charge in [-0.3, -0.25) is 9.36 Å². The summed E-state index contributed by atoms with van der Waals surface area (Å²) in [5, 5.41) is 0.699. The number of aromatic nitrogens is 4. The zero-order valence-electron chi connectivity index (χ0n) is 16.6. The van der Waals surface area contributed by atoms with E-state index in [-0.39, 0.29) is 17.6 Å². The van der Waals surface area contributed by atoms with Crippen LogP contribution in [0.1, 0.15) is 56.4 Å². The number of nitrogens with zero attached hydrogens (tertiary/aromatic N) is 5. The van der Waals surface area contributed by atoms with Gasteiger partial charge >= 0.3 is 0 Å². The summed E-state index contributed by atoms with van der Waals surface area (Å²) in [7, 11) is 1.61. The Morgan fingerprint density at radius 1 is 1.03 bits per heavy atom. The zero-order chi connectivity index (χ0) is 19.8. The quantitative estimate of drug-likeness (QED) is 0.676. The van der Waals surface area contributed by atoms with Gasteiger partial charge in [0.1, 0.15) is 5.82 Å². The topological polar surface area (TPSA) is 73.1 Å². The summed E-state index contributed by atoms with van der Waals surface area (Å²) in [6.45, 7) is 0.838. The summed E-state index contributed by atoms with van der Waals surface area (Å²) in [6, 6.07) is 9.63. The molecule has 1 aromatic carbocycles. The third-order valence-corrected chi connectivity index (χ3v) is 6.16. The summed E-state index contributed by atoms with van der Waals surface area (Å²) >= 11 is 0. The molecule has 0 amide bonds. The van der Waals surface area contributed by atoms with Gasteiger partial charge in [-0.15, -0.1) is 0 Å². The summed E-state index contributed by atoms with van der Waals surface area (Å²) in [4.78, 5) is 29.7. The van der Waals surface area contributed by atoms with Gasteiger partial charge in [0, 0.05) is 24.8 Å². The molecule has 1 atom stereocenters. The van der Waals surface area contributed by atoms with E-state index in [4.69, 9.17) is 9.72 Å². The highest BCUT2D eigenvalue weighted by Gasteiger charge is 2.34. The van der Waals surface area contributed by atoms with Crippen molar-refractivity contribution in [3.63, 3.8) is 0 Å². The number of para-hydroxylation sites is 1. The number of fused-ring (bicyclic) bond motifs is 1. The number of benzene rings is 1. The van der Waals surface area contributed by atoms with Gasteiger partial charge in [0.05, 0.1) is 24.1 Å². The minimum Gasteiger partial charge on any atom is -0.481 e. The number of ether oxygens (including phenoxy) is 1. The molecule has 1 saturated carbocycles. The Hall–Kier alpha value is -2.96. The molecule has 150 valence electrons.